The van der Waals surface area contributed by atoms with Crippen LogP contribution in [0.5, 0.6) is 0 Å². The van der Waals surface area contributed by atoms with E-state index in [2.05, 4.69) is 20.8 Å². The minimum Gasteiger partial charge on any atom is -0.247 e. The first kappa shape index (κ1) is 48.9. The summed E-state index contributed by atoms with van der Waals surface area (Å²) in [6.45, 7) is 6.67. The Hall–Kier alpha value is -2.12. The lowest BCUT2D eigenvalue weighted by molar-refractivity contribution is -0.264. The van der Waals surface area contributed by atoms with Crippen LogP contribution in [0, 0.1) is 17.8 Å². The smallest absolute Gasteiger partial charge is 0.247 e. The van der Waals surface area contributed by atoms with Gasteiger partial charge in [-0.1, -0.05) is 188 Å². The molecule has 0 aromatic heterocycles. The fourth-order valence-corrected chi connectivity index (χ4v) is 7.81. The van der Waals surface area contributed by atoms with E-state index in [-0.39, 0.29) is 24.2 Å². The summed E-state index contributed by atoms with van der Waals surface area (Å²) < 4.78 is 0. The molecule has 0 N–H and O–H groups in total. The van der Waals surface area contributed by atoms with Gasteiger partial charge in [0.05, 0.1) is 25.2 Å². The molecule has 0 amide bonds. The molecule has 0 aromatic carbocycles. The standard InChI is InChI=1S/C45H82O8/c1-4-7-10-12-14-16-18-23-28-33-42(46)50-51-43(47)34-29-25-21-20-22-27-32-40-37-36-39(31-26-9-6-3)38-41(40)45(49)53-52-44(48)35-30-24-19-17-15-13-11-8-5-2/h39-41H,4-38H2,1-3H3. The van der Waals surface area contributed by atoms with Crippen molar-refractivity contribution < 1.29 is 38.7 Å². The Morgan fingerprint density at radius 1 is 0.396 bits per heavy atom. The summed E-state index contributed by atoms with van der Waals surface area (Å²) in [4.78, 5) is 69.1. The molecule has 53 heavy (non-hydrogen) atoms. The highest BCUT2D eigenvalue weighted by atomic mass is 17.2. The van der Waals surface area contributed by atoms with Gasteiger partial charge in [-0.15, -0.1) is 0 Å². The summed E-state index contributed by atoms with van der Waals surface area (Å²) in [6, 6.07) is 0. The Balaban J connectivity index is 2.21. The van der Waals surface area contributed by atoms with Crippen molar-refractivity contribution in [3.63, 3.8) is 0 Å². The molecule has 1 aliphatic carbocycles. The van der Waals surface area contributed by atoms with E-state index >= 15 is 0 Å². The summed E-state index contributed by atoms with van der Waals surface area (Å²) in [5.41, 5.74) is 0. The van der Waals surface area contributed by atoms with Gasteiger partial charge in [0.1, 0.15) is 0 Å². The van der Waals surface area contributed by atoms with E-state index in [4.69, 9.17) is 19.6 Å². The lowest BCUT2D eigenvalue weighted by Crippen LogP contribution is -2.33. The van der Waals surface area contributed by atoms with Gasteiger partial charge in [0.25, 0.3) is 0 Å². The lowest BCUT2D eigenvalue weighted by atomic mass is 9.71. The van der Waals surface area contributed by atoms with Crippen molar-refractivity contribution in [2.45, 2.75) is 245 Å². The van der Waals surface area contributed by atoms with Crippen LogP contribution in [0.15, 0.2) is 0 Å². The van der Waals surface area contributed by atoms with Crippen molar-refractivity contribution >= 4 is 23.9 Å². The van der Waals surface area contributed by atoms with Crippen LogP contribution in [0.4, 0.5) is 0 Å². The summed E-state index contributed by atoms with van der Waals surface area (Å²) in [7, 11) is 0. The zero-order valence-corrected chi connectivity index (χ0v) is 34.7. The number of carbonyl (C=O) groups excluding carboxylic acids is 4. The van der Waals surface area contributed by atoms with E-state index in [1.54, 1.807) is 0 Å². The van der Waals surface area contributed by atoms with E-state index < -0.39 is 17.9 Å². The van der Waals surface area contributed by atoms with Gasteiger partial charge in [0, 0.05) is 0 Å². The average Bonchev–Trinajstić information content (AvgIpc) is 3.16. The molecule has 310 valence electrons. The van der Waals surface area contributed by atoms with Crippen LogP contribution in [0.1, 0.15) is 245 Å². The van der Waals surface area contributed by atoms with E-state index in [1.807, 2.05) is 0 Å². The molecule has 8 nitrogen and oxygen atoms in total. The Labute approximate surface area is 325 Å². The normalized spacial score (nSPS) is 17.0. The monoisotopic (exact) mass is 751 g/mol. The molecule has 0 aromatic rings. The van der Waals surface area contributed by atoms with Gasteiger partial charge >= 0.3 is 23.9 Å². The second kappa shape index (κ2) is 35.6. The molecule has 0 spiro atoms. The second-order valence-corrected chi connectivity index (χ2v) is 16.1. The third-order valence-corrected chi connectivity index (χ3v) is 11.2. The lowest BCUT2D eigenvalue weighted by Gasteiger charge is -2.34. The molecule has 0 saturated heterocycles. The fraction of sp³-hybridized carbons (Fsp3) is 0.911. The van der Waals surface area contributed by atoms with Crippen molar-refractivity contribution in [1.82, 2.24) is 0 Å². The molecule has 1 saturated carbocycles. The number of rotatable bonds is 34. The maximum absolute atomic E-state index is 13.2. The van der Waals surface area contributed by atoms with Crippen LogP contribution in [0.2, 0.25) is 0 Å². The first-order chi connectivity index (χ1) is 25.9. The Morgan fingerprint density at radius 3 is 1.17 bits per heavy atom. The molecular weight excluding hydrogens is 668 g/mol. The molecule has 0 bridgehead atoms. The maximum Gasteiger partial charge on any atom is 0.358 e. The molecule has 3 unspecified atom stereocenters. The summed E-state index contributed by atoms with van der Waals surface area (Å²) in [5.74, 6) is -1.17. The fourth-order valence-electron chi connectivity index (χ4n) is 7.81. The summed E-state index contributed by atoms with van der Waals surface area (Å²) >= 11 is 0. The van der Waals surface area contributed by atoms with E-state index in [1.165, 1.54) is 96.3 Å². The number of hydrogen-bond acceptors (Lipinski definition) is 8. The minimum atomic E-state index is -0.483. The highest BCUT2D eigenvalue weighted by molar-refractivity contribution is 5.75. The van der Waals surface area contributed by atoms with Crippen molar-refractivity contribution in [3.05, 3.63) is 0 Å². The molecule has 1 rings (SSSR count). The Kier molecular flexibility index (Phi) is 32.8. The zero-order chi connectivity index (χ0) is 38.6. The van der Waals surface area contributed by atoms with Crippen LogP contribution in [-0.2, 0) is 38.7 Å². The van der Waals surface area contributed by atoms with Gasteiger partial charge in [0.2, 0.25) is 0 Å². The van der Waals surface area contributed by atoms with Crippen LogP contribution >= 0.6 is 0 Å². The van der Waals surface area contributed by atoms with Gasteiger partial charge in [-0.3, -0.25) is 0 Å². The molecule has 0 heterocycles. The van der Waals surface area contributed by atoms with E-state index in [0.717, 1.165) is 103 Å². The largest absolute Gasteiger partial charge is 0.358 e. The molecule has 0 radical (unpaired) electrons. The highest BCUT2D eigenvalue weighted by Gasteiger charge is 2.37. The molecule has 0 aliphatic heterocycles. The predicted octanol–water partition coefficient (Wildman–Crippen LogP) is 13.6. The van der Waals surface area contributed by atoms with Crippen LogP contribution in [-0.4, -0.2) is 23.9 Å². The first-order valence-electron chi connectivity index (χ1n) is 22.7. The second-order valence-electron chi connectivity index (χ2n) is 16.1. The van der Waals surface area contributed by atoms with Crippen molar-refractivity contribution in [2.24, 2.45) is 17.8 Å². The van der Waals surface area contributed by atoms with E-state index in [0.29, 0.717) is 25.2 Å². The predicted molar refractivity (Wildman–Crippen MR) is 213 cm³/mol. The van der Waals surface area contributed by atoms with Crippen LogP contribution < -0.4 is 0 Å². The van der Waals surface area contributed by atoms with Gasteiger partial charge in [-0.05, 0) is 50.4 Å². The molecule has 8 heteroatoms. The van der Waals surface area contributed by atoms with Gasteiger partial charge in [-0.25, -0.2) is 38.7 Å². The van der Waals surface area contributed by atoms with Crippen LogP contribution in [0.3, 0.4) is 0 Å². The minimum absolute atomic E-state index is 0.207. The van der Waals surface area contributed by atoms with Gasteiger partial charge in [-0.2, -0.15) is 0 Å². The molecule has 3 atom stereocenters. The van der Waals surface area contributed by atoms with Crippen molar-refractivity contribution in [3.8, 4) is 0 Å². The first-order valence-corrected chi connectivity index (χ1v) is 22.7. The quantitative estimate of drug-likeness (QED) is 0.0364. The molecule has 1 fully saturated rings. The van der Waals surface area contributed by atoms with Crippen LogP contribution in [0.25, 0.3) is 0 Å². The number of carbonyl (C=O) groups is 4. The molecule has 1 aliphatic rings. The van der Waals surface area contributed by atoms with Gasteiger partial charge in [0.15, 0.2) is 0 Å². The maximum atomic E-state index is 13.2. The third-order valence-electron chi connectivity index (χ3n) is 11.2. The summed E-state index contributed by atoms with van der Waals surface area (Å²) in [5, 5.41) is 0. The number of unbranched alkanes of at least 4 members (excludes halogenated alkanes) is 23. The highest BCUT2D eigenvalue weighted by Crippen LogP contribution is 2.40. The SMILES string of the molecule is CCCCCCCCCCCC(=O)OOC(=O)CCCCCCCCC1CCC(CCCCC)CC1C(=O)OOC(=O)CCCCCCCCCCC. The average molecular weight is 751 g/mol. The summed E-state index contributed by atoms with van der Waals surface area (Å²) in [6.07, 6.45) is 36.6. The van der Waals surface area contributed by atoms with Crippen molar-refractivity contribution in [1.29, 1.82) is 0 Å². The third kappa shape index (κ3) is 28.9. The Morgan fingerprint density at radius 2 is 0.736 bits per heavy atom. The van der Waals surface area contributed by atoms with Crippen molar-refractivity contribution in [2.75, 3.05) is 0 Å². The molecular formula is C45H82O8. The topological polar surface area (TPSA) is 105 Å². The Bertz CT molecular complexity index is 905. The number of hydrogen-bond donors (Lipinski definition) is 0. The van der Waals surface area contributed by atoms with Gasteiger partial charge < -0.3 is 0 Å². The van der Waals surface area contributed by atoms with E-state index in [9.17, 15) is 19.2 Å². The zero-order valence-electron chi connectivity index (χ0n) is 34.7.